The first-order valence-corrected chi connectivity index (χ1v) is 13.1. The number of non-ortho nitro benzene ring substituents is 1. The molecule has 1 aliphatic rings. The molecule has 0 aromatic heterocycles. The van der Waals surface area contributed by atoms with Gasteiger partial charge in [-0.2, -0.15) is 0 Å². The van der Waals surface area contributed by atoms with Crippen LogP contribution >= 0.6 is 0 Å². The number of cyclic esters (lactones) is 1. The van der Waals surface area contributed by atoms with E-state index >= 15 is 0 Å². The molecule has 0 radical (unpaired) electrons. The minimum atomic E-state index is -0.560. The molecular weight excluding hydrogens is 454 g/mol. The first kappa shape index (κ1) is 35.0. The summed E-state index contributed by atoms with van der Waals surface area (Å²) in [7, 11) is 0. The van der Waals surface area contributed by atoms with Crippen molar-refractivity contribution in [2.24, 2.45) is 0 Å². The summed E-state index contributed by atoms with van der Waals surface area (Å²) in [5.74, 6) is -1.02. The highest BCUT2D eigenvalue weighted by molar-refractivity contribution is 5.91. The second kappa shape index (κ2) is 21.2. The molecule has 0 saturated carbocycles. The van der Waals surface area contributed by atoms with Crippen molar-refractivity contribution in [3.8, 4) is 0 Å². The second-order valence-corrected chi connectivity index (χ2v) is 7.62. The molecule has 0 spiro atoms. The normalized spacial score (nSPS) is 15.8. The number of ether oxygens (including phenoxy) is 1. The van der Waals surface area contributed by atoms with Crippen LogP contribution in [0.5, 0.6) is 0 Å². The molecule has 6 heteroatoms. The fourth-order valence-electron chi connectivity index (χ4n) is 3.47. The Bertz CT molecular complexity index is 883. The van der Waals surface area contributed by atoms with Crippen LogP contribution in [-0.2, 0) is 9.53 Å². The van der Waals surface area contributed by atoms with Gasteiger partial charge in [0.2, 0.25) is 0 Å². The van der Waals surface area contributed by atoms with Gasteiger partial charge in [0.05, 0.1) is 10.5 Å². The molecular formula is C30H47NO5. The van der Waals surface area contributed by atoms with Crippen molar-refractivity contribution >= 4 is 11.7 Å². The molecule has 1 aromatic carbocycles. The van der Waals surface area contributed by atoms with E-state index in [9.17, 15) is 20.0 Å². The smallest absolute Gasteiger partial charge is 0.338 e. The van der Waals surface area contributed by atoms with Crippen molar-refractivity contribution in [2.45, 2.75) is 99.5 Å². The molecule has 6 nitrogen and oxygen atoms in total. The highest BCUT2D eigenvalue weighted by Gasteiger charge is 2.34. The molecule has 0 bridgehead atoms. The van der Waals surface area contributed by atoms with Crippen LogP contribution in [0.2, 0.25) is 0 Å². The average Bonchev–Trinajstić information content (AvgIpc) is 2.89. The number of rotatable bonds is 9. The molecule has 36 heavy (non-hydrogen) atoms. The molecule has 1 N–H and O–H groups in total. The van der Waals surface area contributed by atoms with E-state index in [1.54, 1.807) is 18.2 Å². The SMILES string of the molecule is C=C/C(=C\C=C/C)CCC1CC(O)=C(C(CC)c2cccc([N+](=O)[O-])c2)C(=O)O1.CC.CC.CCC. The highest BCUT2D eigenvalue weighted by atomic mass is 16.6. The number of nitro benzene ring substituents is 1. The maximum absolute atomic E-state index is 12.7. The number of aliphatic hydroxyl groups excluding tert-OH is 1. The molecule has 1 aliphatic heterocycles. The van der Waals surface area contributed by atoms with Crippen molar-refractivity contribution in [1.82, 2.24) is 0 Å². The average molecular weight is 502 g/mol. The second-order valence-electron chi connectivity index (χ2n) is 7.62. The summed E-state index contributed by atoms with van der Waals surface area (Å²) in [5.41, 5.74) is 1.78. The summed E-state index contributed by atoms with van der Waals surface area (Å²) >= 11 is 0. The highest BCUT2D eigenvalue weighted by Crippen LogP contribution is 2.36. The lowest BCUT2D eigenvalue weighted by atomic mass is 9.85. The van der Waals surface area contributed by atoms with Crippen LogP contribution in [0.3, 0.4) is 0 Å². The first-order chi connectivity index (χ1) is 17.3. The van der Waals surface area contributed by atoms with Crippen LogP contribution in [0.4, 0.5) is 5.69 Å². The van der Waals surface area contributed by atoms with Crippen molar-refractivity contribution in [3.63, 3.8) is 0 Å². The summed E-state index contributed by atoms with van der Waals surface area (Å²) in [6.45, 7) is 19.8. The molecule has 2 unspecified atom stereocenters. The quantitative estimate of drug-likeness (QED) is 0.158. The van der Waals surface area contributed by atoms with E-state index in [1.165, 1.54) is 18.6 Å². The van der Waals surface area contributed by atoms with Gasteiger partial charge >= 0.3 is 5.97 Å². The van der Waals surface area contributed by atoms with Crippen LogP contribution in [0.25, 0.3) is 0 Å². The Balaban J connectivity index is 0. The molecule has 1 aromatic rings. The Morgan fingerprint density at radius 2 is 1.86 bits per heavy atom. The van der Waals surface area contributed by atoms with E-state index in [0.717, 1.165) is 5.57 Å². The van der Waals surface area contributed by atoms with Gasteiger partial charge < -0.3 is 9.84 Å². The van der Waals surface area contributed by atoms with E-state index in [4.69, 9.17) is 4.74 Å². The fourth-order valence-corrected chi connectivity index (χ4v) is 3.47. The minimum Gasteiger partial charge on any atom is -0.512 e. The Morgan fingerprint density at radius 1 is 1.25 bits per heavy atom. The topological polar surface area (TPSA) is 89.7 Å². The number of hydrogen-bond donors (Lipinski definition) is 1. The van der Waals surface area contributed by atoms with Crippen molar-refractivity contribution in [2.75, 3.05) is 0 Å². The third-order valence-corrected chi connectivity index (χ3v) is 4.99. The number of allylic oxidation sites excluding steroid dienone is 5. The summed E-state index contributed by atoms with van der Waals surface area (Å²) in [5, 5.41) is 21.7. The third kappa shape index (κ3) is 12.0. The maximum Gasteiger partial charge on any atom is 0.338 e. The minimum absolute atomic E-state index is 0.00203. The monoisotopic (exact) mass is 501 g/mol. The zero-order valence-corrected chi connectivity index (χ0v) is 23.5. The van der Waals surface area contributed by atoms with Gasteiger partial charge in [-0.05, 0) is 37.3 Å². The molecule has 2 rings (SSSR count). The number of esters is 1. The number of benzene rings is 1. The van der Waals surface area contributed by atoms with Crippen molar-refractivity contribution in [1.29, 1.82) is 0 Å². The van der Waals surface area contributed by atoms with Gasteiger partial charge in [-0.3, -0.25) is 10.1 Å². The Labute approximate surface area is 218 Å². The van der Waals surface area contributed by atoms with Crippen LogP contribution in [0.15, 0.2) is 72.1 Å². The van der Waals surface area contributed by atoms with Crippen LogP contribution < -0.4 is 0 Å². The van der Waals surface area contributed by atoms with Gasteiger partial charge in [-0.25, -0.2) is 4.79 Å². The predicted molar refractivity (Wildman–Crippen MR) is 151 cm³/mol. The van der Waals surface area contributed by atoms with Gasteiger partial charge in [0.15, 0.2) is 0 Å². The van der Waals surface area contributed by atoms with Crippen LogP contribution in [-0.4, -0.2) is 22.1 Å². The molecule has 0 saturated heterocycles. The van der Waals surface area contributed by atoms with E-state index < -0.39 is 22.9 Å². The van der Waals surface area contributed by atoms with Gasteiger partial charge in [-0.15, -0.1) is 0 Å². The Kier molecular flexibility index (Phi) is 20.6. The molecule has 2 atom stereocenters. The van der Waals surface area contributed by atoms with E-state index in [-0.39, 0.29) is 23.4 Å². The fraction of sp³-hybridized carbons (Fsp3) is 0.500. The standard InChI is InChI=1S/C23H27NO5.C3H8.2C2H6/c1-4-7-9-16(5-2)12-13-19-15-21(25)22(23(26)29-19)20(6-3)17-10-8-11-18(14-17)24(27)28;1-3-2;2*1-2/h4-5,7-11,14,19-20,25H,2,6,12-13,15H2,1,3H3;3H2,1-2H3;2*1-2H3/b7-4-,16-9+;;;. The van der Waals surface area contributed by atoms with Gasteiger partial charge in [0, 0.05) is 24.5 Å². The number of hydrogen-bond acceptors (Lipinski definition) is 5. The maximum atomic E-state index is 12.7. The Morgan fingerprint density at radius 3 is 2.33 bits per heavy atom. The number of aliphatic hydroxyl groups is 1. The zero-order valence-electron chi connectivity index (χ0n) is 23.5. The largest absolute Gasteiger partial charge is 0.512 e. The Hall–Kier alpha value is -3.15. The summed E-state index contributed by atoms with van der Waals surface area (Å²) < 4.78 is 5.58. The van der Waals surface area contributed by atoms with Gasteiger partial charge in [0.1, 0.15) is 11.9 Å². The number of carbonyl (C=O) groups is 1. The van der Waals surface area contributed by atoms with Crippen molar-refractivity contribution in [3.05, 3.63) is 87.7 Å². The molecule has 0 amide bonds. The van der Waals surface area contributed by atoms with E-state index in [1.807, 2.05) is 59.8 Å². The first-order valence-electron chi connectivity index (χ1n) is 13.1. The van der Waals surface area contributed by atoms with Crippen LogP contribution in [0.1, 0.15) is 99.0 Å². The molecule has 202 valence electrons. The lowest BCUT2D eigenvalue weighted by Crippen LogP contribution is -2.29. The summed E-state index contributed by atoms with van der Waals surface area (Å²) in [6.07, 6.45) is 10.4. The van der Waals surface area contributed by atoms with Gasteiger partial charge in [-0.1, -0.05) is 97.9 Å². The summed E-state index contributed by atoms with van der Waals surface area (Å²) in [6, 6.07) is 6.15. The molecule has 1 heterocycles. The van der Waals surface area contributed by atoms with E-state index in [0.29, 0.717) is 24.8 Å². The summed E-state index contributed by atoms with van der Waals surface area (Å²) in [4.78, 5) is 23.3. The molecule has 0 fully saturated rings. The predicted octanol–water partition coefficient (Wildman–Crippen LogP) is 9.15. The lowest BCUT2D eigenvalue weighted by molar-refractivity contribution is -0.384. The lowest BCUT2D eigenvalue weighted by Gasteiger charge is -2.28. The van der Waals surface area contributed by atoms with E-state index in [2.05, 4.69) is 20.4 Å². The number of carbonyl (C=O) groups excluding carboxylic acids is 1. The molecule has 0 aliphatic carbocycles. The van der Waals surface area contributed by atoms with Crippen molar-refractivity contribution < 1.29 is 19.6 Å². The number of nitro groups is 1. The zero-order chi connectivity index (χ0) is 28.1. The van der Waals surface area contributed by atoms with Gasteiger partial charge in [0.25, 0.3) is 5.69 Å². The third-order valence-electron chi connectivity index (χ3n) is 4.99. The number of nitrogens with zero attached hydrogens (tertiary/aromatic N) is 1. The van der Waals surface area contributed by atoms with Crippen LogP contribution in [0, 0.1) is 10.1 Å².